The number of aromatic nitrogens is 2. The Hall–Kier alpha value is -1.68. The van der Waals surface area contributed by atoms with E-state index in [9.17, 15) is 4.39 Å². The Morgan fingerprint density at radius 1 is 1.31 bits per heavy atom. The molecule has 0 saturated carbocycles. The molecule has 0 bridgehead atoms. The third-order valence-electron chi connectivity index (χ3n) is 2.46. The minimum absolute atomic E-state index is 0.0834. The summed E-state index contributed by atoms with van der Waals surface area (Å²) in [5, 5.41) is 8.86. The summed E-state index contributed by atoms with van der Waals surface area (Å²) in [6.07, 6.45) is 1.86. The van der Waals surface area contributed by atoms with Crippen molar-refractivity contribution in [3.8, 4) is 11.3 Å². The molecule has 0 unspecified atom stereocenters. The van der Waals surface area contributed by atoms with Gasteiger partial charge in [0, 0.05) is 18.3 Å². The van der Waals surface area contributed by atoms with Gasteiger partial charge in [0.15, 0.2) is 0 Å². The van der Waals surface area contributed by atoms with Gasteiger partial charge in [-0.15, -0.1) is 0 Å². The van der Waals surface area contributed by atoms with Crippen LogP contribution in [0.1, 0.15) is 5.82 Å². The van der Waals surface area contributed by atoms with Crippen LogP contribution < -0.4 is 0 Å². The van der Waals surface area contributed by atoms with Gasteiger partial charge in [-0.25, -0.2) is 9.37 Å². The molecule has 0 atom stereocenters. The Morgan fingerprint density at radius 3 is 2.62 bits per heavy atom. The zero-order valence-electron chi connectivity index (χ0n) is 9.02. The van der Waals surface area contributed by atoms with E-state index in [0.717, 1.165) is 17.1 Å². The number of aryl methyl sites for hydroxylation is 1. The highest BCUT2D eigenvalue weighted by atomic mass is 19.1. The van der Waals surface area contributed by atoms with Crippen LogP contribution in [0.5, 0.6) is 0 Å². The van der Waals surface area contributed by atoms with Gasteiger partial charge in [0.2, 0.25) is 0 Å². The molecule has 16 heavy (non-hydrogen) atoms. The van der Waals surface area contributed by atoms with Gasteiger partial charge in [-0.1, -0.05) is 0 Å². The van der Waals surface area contributed by atoms with E-state index < -0.39 is 0 Å². The summed E-state index contributed by atoms with van der Waals surface area (Å²) in [6, 6.07) is 6.21. The van der Waals surface area contributed by atoms with E-state index >= 15 is 0 Å². The quantitative estimate of drug-likeness (QED) is 0.859. The standard InChI is InChI=1S/C12H13FN2O/c1-9-14-12(8-15(9)6-7-16)10-2-4-11(13)5-3-10/h2-5,8,16H,6-7H2,1H3. The van der Waals surface area contributed by atoms with Crippen molar-refractivity contribution in [2.24, 2.45) is 0 Å². The average molecular weight is 220 g/mol. The lowest BCUT2D eigenvalue weighted by Gasteiger charge is -1.99. The highest BCUT2D eigenvalue weighted by Gasteiger charge is 2.05. The Bertz CT molecular complexity index is 476. The summed E-state index contributed by atoms with van der Waals surface area (Å²) in [5.41, 5.74) is 1.67. The SMILES string of the molecule is Cc1nc(-c2ccc(F)cc2)cn1CCO. The Balaban J connectivity index is 2.33. The van der Waals surface area contributed by atoms with Crippen molar-refractivity contribution >= 4 is 0 Å². The second-order valence-corrected chi connectivity index (χ2v) is 3.60. The smallest absolute Gasteiger partial charge is 0.123 e. The van der Waals surface area contributed by atoms with E-state index in [1.165, 1.54) is 12.1 Å². The van der Waals surface area contributed by atoms with Gasteiger partial charge in [0.1, 0.15) is 11.6 Å². The van der Waals surface area contributed by atoms with Crippen molar-refractivity contribution in [1.29, 1.82) is 0 Å². The number of hydrogen-bond donors (Lipinski definition) is 1. The molecular weight excluding hydrogens is 207 g/mol. The topological polar surface area (TPSA) is 38.0 Å². The van der Waals surface area contributed by atoms with Crippen molar-refractivity contribution in [2.45, 2.75) is 13.5 Å². The molecule has 1 N–H and O–H groups in total. The Kier molecular flexibility index (Phi) is 3.01. The van der Waals surface area contributed by atoms with E-state index in [4.69, 9.17) is 5.11 Å². The maximum atomic E-state index is 12.7. The van der Waals surface area contributed by atoms with Crippen molar-refractivity contribution < 1.29 is 9.50 Å². The van der Waals surface area contributed by atoms with Crippen LogP contribution in [0.2, 0.25) is 0 Å². The fraction of sp³-hybridized carbons (Fsp3) is 0.250. The molecule has 0 aliphatic carbocycles. The van der Waals surface area contributed by atoms with Gasteiger partial charge < -0.3 is 9.67 Å². The van der Waals surface area contributed by atoms with Crippen molar-refractivity contribution in [1.82, 2.24) is 9.55 Å². The van der Waals surface area contributed by atoms with E-state index in [1.54, 1.807) is 12.1 Å². The van der Waals surface area contributed by atoms with Crippen LogP contribution in [-0.2, 0) is 6.54 Å². The number of aliphatic hydroxyl groups excluding tert-OH is 1. The lowest BCUT2D eigenvalue weighted by Crippen LogP contribution is -2.02. The highest BCUT2D eigenvalue weighted by Crippen LogP contribution is 2.18. The fourth-order valence-electron chi connectivity index (χ4n) is 1.60. The van der Waals surface area contributed by atoms with Crippen LogP contribution in [-0.4, -0.2) is 21.3 Å². The molecule has 2 aromatic rings. The predicted octanol–water partition coefficient (Wildman–Crippen LogP) is 1.99. The second kappa shape index (κ2) is 4.45. The third kappa shape index (κ3) is 2.12. The summed E-state index contributed by atoms with van der Waals surface area (Å²) in [6.45, 7) is 2.49. The Morgan fingerprint density at radius 2 is 2.00 bits per heavy atom. The Labute approximate surface area is 93.2 Å². The first-order valence-electron chi connectivity index (χ1n) is 5.11. The molecule has 0 amide bonds. The fourth-order valence-corrected chi connectivity index (χ4v) is 1.60. The van der Waals surface area contributed by atoms with Crippen molar-refractivity contribution in [2.75, 3.05) is 6.61 Å². The molecule has 0 saturated heterocycles. The molecule has 2 rings (SSSR count). The van der Waals surface area contributed by atoms with E-state index in [1.807, 2.05) is 17.7 Å². The minimum Gasteiger partial charge on any atom is -0.395 e. The van der Waals surface area contributed by atoms with Crippen LogP contribution in [0.25, 0.3) is 11.3 Å². The summed E-state index contributed by atoms with van der Waals surface area (Å²) < 4.78 is 14.6. The first-order chi connectivity index (χ1) is 7.70. The van der Waals surface area contributed by atoms with Crippen molar-refractivity contribution in [3.63, 3.8) is 0 Å². The molecule has 1 aromatic carbocycles. The summed E-state index contributed by atoms with van der Waals surface area (Å²) in [5.74, 6) is 0.587. The van der Waals surface area contributed by atoms with Gasteiger partial charge in [0.05, 0.1) is 12.3 Å². The average Bonchev–Trinajstić information content (AvgIpc) is 2.62. The lowest BCUT2D eigenvalue weighted by molar-refractivity contribution is 0.275. The van der Waals surface area contributed by atoms with Crippen LogP contribution in [0.4, 0.5) is 4.39 Å². The first kappa shape index (κ1) is 10.8. The minimum atomic E-state index is -0.254. The summed E-state index contributed by atoms with van der Waals surface area (Å²) in [4.78, 5) is 4.36. The first-order valence-corrected chi connectivity index (χ1v) is 5.11. The number of nitrogens with zero attached hydrogens (tertiary/aromatic N) is 2. The number of benzene rings is 1. The zero-order valence-corrected chi connectivity index (χ0v) is 9.02. The molecule has 3 nitrogen and oxygen atoms in total. The molecule has 84 valence electrons. The summed E-state index contributed by atoms with van der Waals surface area (Å²) >= 11 is 0. The molecule has 1 aromatic heterocycles. The van der Waals surface area contributed by atoms with Crippen LogP contribution in [0.15, 0.2) is 30.5 Å². The number of halogens is 1. The highest BCUT2D eigenvalue weighted by molar-refractivity contribution is 5.58. The third-order valence-corrected chi connectivity index (χ3v) is 2.46. The largest absolute Gasteiger partial charge is 0.395 e. The number of imidazole rings is 1. The monoisotopic (exact) mass is 220 g/mol. The van der Waals surface area contributed by atoms with Gasteiger partial charge in [-0.05, 0) is 31.2 Å². The number of rotatable bonds is 3. The zero-order chi connectivity index (χ0) is 11.5. The molecule has 1 heterocycles. The number of aliphatic hydroxyl groups is 1. The van der Waals surface area contributed by atoms with E-state index in [0.29, 0.717) is 6.54 Å². The van der Waals surface area contributed by atoms with Crippen LogP contribution in [0.3, 0.4) is 0 Å². The van der Waals surface area contributed by atoms with E-state index in [2.05, 4.69) is 4.98 Å². The van der Waals surface area contributed by atoms with E-state index in [-0.39, 0.29) is 12.4 Å². The molecule has 0 spiro atoms. The van der Waals surface area contributed by atoms with Gasteiger partial charge in [-0.3, -0.25) is 0 Å². The van der Waals surface area contributed by atoms with Gasteiger partial charge in [0.25, 0.3) is 0 Å². The molecule has 0 radical (unpaired) electrons. The van der Waals surface area contributed by atoms with Crippen LogP contribution in [0, 0.1) is 12.7 Å². The lowest BCUT2D eigenvalue weighted by atomic mass is 10.2. The molecule has 0 fully saturated rings. The predicted molar refractivity (Wildman–Crippen MR) is 59.4 cm³/mol. The van der Waals surface area contributed by atoms with Crippen LogP contribution >= 0.6 is 0 Å². The van der Waals surface area contributed by atoms with Gasteiger partial charge >= 0.3 is 0 Å². The summed E-state index contributed by atoms with van der Waals surface area (Å²) in [7, 11) is 0. The van der Waals surface area contributed by atoms with Gasteiger partial charge in [-0.2, -0.15) is 0 Å². The molecule has 0 aliphatic heterocycles. The maximum absolute atomic E-state index is 12.7. The maximum Gasteiger partial charge on any atom is 0.123 e. The normalized spacial score (nSPS) is 10.7. The molecular formula is C12H13FN2O. The van der Waals surface area contributed by atoms with Crippen molar-refractivity contribution in [3.05, 3.63) is 42.1 Å². The second-order valence-electron chi connectivity index (χ2n) is 3.60. The molecule has 4 heteroatoms. The molecule has 0 aliphatic rings. The number of hydrogen-bond acceptors (Lipinski definition) is 2.